The van der Waals surface area contributed by atoms with Crippen LogP contribution >= 0.6 is 11.6 Å². The summed E-state index contributed by atoms with van der Waals surface area (Å²) in [6.45, 7) is 0. The fourth-order valence-electron chi connectivity index (χ4n) is 1.60. The number of hydrogen-bond donors (Lipinski definition) is 1. The van der Waals surface area contributed by atoms with Crippen LogP contribution in [0.25, 0.3) is 0 Å². The maximum atomic E-state index is 13.3. The highest BCUT2D eigenvalue weighted by atomic mass is 35.5. The van der Waals surface area contributed by atoms with Crippen LogP contribution in [0, 0.1) is 5.82 Å². The predicted octanol–water partition coefficient (Wildman–Crippen LogP) is 2.43. The largest absolute Gasteiger partial charge is 0.396 e. The molecule has 0 aliphatic rings. The van der Waals surface area contributed by atoms with E-state index in [2.05, 4.69) is 4.98 Å². The average Bonchev–Trinajstić information content (AvgIpc) is 2.34. The lowest BCUT2D eigenvalue weighted by atomic mass is 10.2. The van der Waals surface area contributed by atoms with E-state index in [9.17, 15) is 12.8 Å². The van der Waals surface area contributed by atoms with Crippen molar-refractivity contribution in [3.63, 3.8) is 0 Å². The molecule has 0 atom stereocenters. The van der Waals surface area contributed by atoms with Crippen LogP contribution in [0.1, 0.15) is 5.56 Å². The van der Waals surface area contributed by atoms with Crippen LogP contribution in [-0.4, -0.2) is 13.4 Å². The number of nitrogens with two attached hydrogens (primary N) is 1. The molecule has 0 radical (unpaired) electrons. The van der Waals surface area contributed by atoms with Gasteiger partial charge in [0.25, 0.3) is 0 Å². The molecule has 0 spiro atoms. The Kier molecular flexibility index (Phi) is 3.73. The molecule has 2 N–H and O–H groups in total. The van der Waals surface area contributed by atoms with Crippen LogP contribution in [0.3, 0.4) is 0 Å². The third-order valence-electron chi connectivity index (χ3n) is 2.49. The number of sulfone groups is 1. The lowest BCUT2D eigenvalue weighted by molar-refractivity contribution is 0.595. The van der Waals surface area contributed by atoms with E-state index in [1.54, 1.807) is 0 Å². The summed E-state index contributed by atoms with van der Waals surface area (Å²) in [4.78, 5) is 3.71. The first kappa shape index (κ1) is 13.8. The van der Waals surface area contributed by atoms with Gasteiger partial charge in [0.15, 0.2) is 9.84 Å². The molecule has 0 amide bonds. The Labute approximate surface area is 115 Å². The summed E-state index contributed by atoms with van der Waals surface area (Å²) in [7, 11) is -3.65. The normalized spacial score (nSPS) is 11.5. The Hall–Kier alpha value is -1.66. The highest BCUT2D eigenvalue weighted by Crippen LogP contribution is 2.23. The van der Waals surface area contributed by atoms with Crippen molar-refractivity contribution in [1.82, 2.24) is 4.98 Å². The number of aromatic nitrogens is 1. The van der Waals surface area contributed by atoms with Gasteiger partial charge in [-0.1, -0.05) is 17.7 Å². The molecule has 7 heteroatoms. The van der Waals surface area contributed by atoms with Crippen molar-refractivity contribution in [3.8, 4) is 0 Å². The fourth-order valence-corrected chi connectivity index (χ4v) is 3.18. The molecule has 0 unspecified atom stereocenters. The first-order valence-corrected chi connectivity index (χ1v) is 7.29. The quantitative estimate of drug-likeness (QED) is 0.945. The summed E-state index contributed by atoms with van der Waals surface area (Å²) in [6.07, 6.45) is 2.60. The maximum absolute atomic E-state index is 13.3. The van der Waals surface area contributed by atoms with Crippen molar-refractivity contribution in [3.05, 3.63) is 53.1 Å². The van der Waals surface area contributed by atoms with E-state index in [0.29, 0.717) is 5.56 Å². The molecule has 4 nitrogen and oxygen atoms in total. The van der Waals surface area contributed by atoms with E-state index < -0.39 is 15.7 Å². The SMILES string of the molecule is Nc1cnccc1S(=O)(=O)Cc1ccc(Cl)c(F)c1. The van der Waals surface area contributed by atoms with E-state index in [0.717, 1.165) is 6.07 Å². The van der Waals surface area contributed by atoms with Gasteiger partial charge in [-0.15, -0.1) is 0 Å². The lowest BCUT2D eigenvalue weighted by Gasteiger charge is -2.07. The van der Waals surface area contributed by atoms with E-state index in [-0.39, 0.29) is 21.4 Å². The maximum Gasteiger partial charge on any atom is 0.184 e. The number of hydrogen-bond acceptors (Lipinski definition) is 4. The first-order valence-electron chi connectivity index (χ1n) is 5.26. The molecular weight excluding hydrogens is 291 g/mol. The van der Waals surface area contributed by atoms with Crippen LogP contribution in [-0.2, 0) is 15.6 Å². The van der Waals surface area contributed by atoms with Gasteiger partial charge in [-0.25, -0.2) is 12.8 Å². The second-order valence-corrected chi connectivity index (χ2v) is 6.29. The molecule has 1 heterocycles. The Morgan fingerprint density at radius 3 is 2.68 bits per heavy atom. The molecule has 2 aromatic rings. The minimum absolute atomic E-state index is 0.0159. The molecule has 0 bridgehead atoms. The van der Waals surface area contributed by atoms with Gasteiger partial charge in [-0.3, -0.25) is 4.98 Å². The number of anilines is 1. The molecule has 0 aliphatic carbocycles. The van der Waals surface area contributed by atoms with Crippen molar-refractivity contribution < 1.29 is 12.8 Å². The second-order valence-electron chi connectivity index (χ2n) is 3.92. The van der Waals surface area contributed by atoms with Crippen molar-refractivity contribution in [1.29, 1.82) is 0 Å². The van der Waals surface area contributed by atoms with Crippen LogP contribution in [0.4, 0.5) is 10.1 Å². The monoisotopic (exact) mass is 300 g/mol. The van der Waals surface area contributed by atoms with Crippen LogP contribution in [0.2, 0.25) is 5.02 Å². The summed E-state index contributed by atoms with van der Waals surface area (Å²) in [6, 6.07) is 5.19. The summed E-state index contributed by atoms with van der Waals surface area (Å²) in [5, 5.41) is -0.0513. The smallest absolute Gasteiger partial charge is 0.184 e. The van der Waals surface area contributed by atoms with Gasteiger partial charge in [0, 0.05) is 6.20 Å². The van der Waals surface area contributed by atoms with Crippen molar-refractivity contribution >= 4 is 27.1 Å². The van der Waals surface area contributed by atoms with Gasteiger partial charge >= 0.3 is 0 Å². The van der Waals surface area contributed by atoms with Gasteiger partial charge < -0.3 is 5.73 Å². The summed E-state index contributed by atoms with van der Waals surface area (Å²) in [5.41, 5.74) is 5.95. The van der Waals surface area contributed by atoms with E-state index >= 15 is 0 Å². The highest BCUT2D eigenvalue weighted by molar-refractivity contribution is 7.90. The van der Waals surface area contributed by atoms with Gasteiger partial charge in [0.05, 0.1) is 27.6 Å². The van der Waals surface area contributed by atoms with Gasteiger partial charge in [0.2, 0.25) is 0 Å². The number of rotatable bonds is 3. The lowest BCUT2D eigenvalue weighted by Crippen LogP contribution is -2.08. The molecule has 0 aliphatic heterocycles. The zero-order chi connectivity index (χ0) is 14.0. The zero-order valence-corrected chi connectivity index (χ0v) is 11.2. The molecule has 0 saturated heterocycles. The fraction of sp³-hybridized carbons (Fsp3) is 0.0833. The Balaban J connectivity index is 2.37. The average molecular weight is 301 g/mol. The zero-order valence-electron chi connectivity index (χ0n) is 9.68. The van der Waals surface area contributed by atoms with Crippen LogP contribution in [0.5, 0.6) is 0 Å². The van der Waals surface area contributed by atoms with Gasteiger partial charge in [-0.2, -0.15) is 0 Å². The first-order chi connectivity index (χ1) is 8.90. The minimum atomic E-state index is -3.65. The summed E-state index contributed by atoms with van der Waals surface area (Å²) >= 11 is 5.54. The van der Waals surface area contributed by atoms with E-state index in [1.165, 1.54) is 30.6 Å². The number of benzene rings is 1. The molecule has 1 aromatic carbocycles. The number of nitrogens with zero attached hydrogens (tertiary/aromatic N) is 1. The molecular formula is C12H10ClFN2O2S. The second kappa shape index (κ2) is 5.14. The predicted molar refractivity (Wildman–Crippen MR) is 70.9 cm³/mol. The number of halogens is 2. The molecule has 0 saturated carbocycles. The summed E-state index contributed by atoms with van der Waals surface area (Å²) < 4.78 is 37.6. The number of pyridine rings is 1. The molecule has 2 rings (SSSR count). The van der Waals surface area contributed by atoms with Crippen molar-refractivity contribution in [2.45, 2.75) is 10.6 Å². The Bertz CT molecular complexity index is 719. The summed E-state index contributed by atoms with van der Waals surface area (Å²) in [5.74, 6) is -1.01. The van der Waals surface area contributed by atoms with Crippen LogP contribution in [0.15, 0.2) is 41.6 Å². The highest BCUT2D eigenvalue weighted by Gasteiger charge is 2.18. The molecule has 0 fully saturated rings. The van der Waals surface area contributed by atoms with Crippen molar-refractivity contribution in [2.24, 2.45) is 0 Å². The Morgan fingerprint density at radius 2 is 2.05 bits per heavy atom. The van der Waals surface area contributed by atoms with E-state index in [4.69, 9.17) is 17.3 Å². The molecule has 1 aromatic heterocycles. The van der Waals surface area contributed by atoms with E-state index in [1.807, 2.05) is 0 Å². The van der Waals surface area contributed by atoms with Gasteiger partial charge in [-0.05, 0) is 23.8 Å². The molecule has 19 heavy (non-hydrogen) atoms. The minimum Gasteiger partial charge on any atom is -0.396 e. The topological polar surface area (TPSA) is 73.0 Å². The van der Waals surface area contributed by atoms with Gasteiger partial charge in [0.1, 0.15) is 5.82 Å². The third kappa shape index (κ3) is 3.02. The molecule has 100 valence electrons. The third-order valence-corrected chi connectivity index (χ3v) is 4.55. The standard InChI is InChI=1S/C12H10ClFN2O2S/c13-9-2-1-8(5-10(9)14)7-19(17,18)12-3-4-16-6-11(12)15/h1-6H,7,15H2. The Morgan fingerprint density at radius 1 is 1.32 bits per heavy atom. The van der Waals surface area contributed by atoms with Crippen molar-refractivity contribution in [2.75, 3.05) is 5.73 Å². The number of nitrogen functional groups attached to an aromatic ring is 1. The van der Waals surface area contributed by atoms with Crippen LogP contribution < -0.4 is 5.73 Å².